The second-order valence-electron chi connectivity index (χ2n) is 12.3. The molecule has 3 aromatic heterocycles. The van der Waals surface area contributed by atoms with Crippen LogP contribution in [-0.4, -0.2) is 14.4 Å². The van der Waals surface area contributed by atoms with Crippen LogP contribution in [0.1, 0.15) is 25.0 Å². The van der Waals surface area contributed by atoms with Gasteiger partial charge < -0.3 is 0 Å². The number of pyridine rings is 2. The summed E-state index contributed by atoms with van der Waals surface area (Å²) in [6.45, 7) is 4.66. The average molecular weight is 564 g/mol. The molecule has 0 amide bonds. The minimum atomic E-state index is 0.0219. The first-order valence-electron chi connectivity index (χ1n) is 15.2. The summed E-state index contributed by atoms with van der Waals surface area (Å²) in [6, 6.07) is 47.9. The molecule has 0 N–H and O–H groups in total. The van der Waals surface area contributed by atoms with Crippen LogP contribution in [0.15, 0.2) is 140 Å². The topological polar surface area (TPSA) is 30.2 Å². The predicted octanol–water partition coefficient (Wildman–Crippen LogP) is 10.3. The maximum absolute atomic E-state index is 5.18. The summed E-state index contributed by atoms with van der Waals surface area (Å²) in [5.74, 6) is 0. The molecule has 0 aliphatic heterocycles. The van der Waals surface area contributed by atoms with Gasteiger partial charge in [-0.2, -0.15) is 0 Å². The number of para-hydroxylation sites is 1. The Morgan fingerprint density at radius 3 is 2.07 bits per heavy atom. The molecule has 0 bridgehead atoms. The lowest BCUT2D eigenvalue weighted by Gasteiger charge is -2.21. The highest BCUT2D eigenvalue weighted by Crippen LogP contribution is 2.49. The Labute approximate surface area is 256 Å². The molecule has 8 aromatic rings. The SMILES string of the molecule is CC1(C)c2ccccc2-c2cc(-c3ccc(-c4cccc(-c5nc6ccccc6c6nc7ccccn7c56)c4)cc3)ccc21. The highest BCUT2D eigenvalue weighted by Gasteiger charge is 2.35. The molecule has 0 spiro atoms. The number of fused-ring (bicyclic) bond motifs is 8. The molecule has 1 aliphatic rings. The van der Waals surface area contributed by atoms with Gasteiger partial charge in [0.15, 0.2) is 0 Å². The quantitative estimate of drug-likeness (QED) is 0.214. The fraction of sp³-hybridized carbons (Fsp3) is 0.0732. The fourth-order valence-electron chi connectivity index (χ4n) is 7.16. The lowest BCUT2D eigenvalue weighted by molar-refractivity contribution is 0.660. The van der Waals surface area contributed by atoms with Crippen molar-refractivity contribution in [3.05, 3.63) is 151 Å². The van der Waals surface area contributed by atoms with Crippen molar-refractivity contribution in [1.29, 1.82) is 0 Å². The van der Waals surface area contributed by atoms with Gasteiger partial charge in [0, 0.05) is 22.6 Å². The van der Waals surface area contributed by atoms with E-state index in [1.807, 2.05) is 18.2 Å². The van der Waals surface area contributed by atoms with E-state index < -0.39 is 0 Å². The summed E-state index contributed by atoms with van der Waals surface area (Å²) in [5, 5.41) is 1.07. The van der Waals surface area contributed by atoms with Gasteiger partial charge in [0.25, 0.3) is 0 Å². The van der Waals surface area contributed by atoms with Crippen LogP contribution in [0.2, 0.25) is 0 Å². The number of hydrogen-bond donors (Lipinski definition) is 0. The van der Waals surface area contributed by atoms with Gasteiger partial charge in [-0.1, -0.05) is 117 Å². The standard InChI is InChI=1S/C41H29N3/c1-41(2)34-14-5-3-12-31(34)33-25-29(21-22-35(33)41)27-19-17-26(18-20-27)28-10-9-11-30(24-28)38-40-39(32-13-4-6-15-36(32)42-38)43-37-16-7-8-23-44(37)40/h3-25H,1-2H3. The van der Waals surface area contributed by atoms with E-state index in [-0.39, 0.29) is 5.41 Å². The summed E-state index contributed by atoms with van der Waals surface area (Å²) in [7, 11) is 0. The molecule has 3 nitrogen and oxygen atoms in total. The van der Waals surface area contributed by atoms with E-state index in [4.69, 9.17) is 9.97 Å². The molecule has 3 heteroatoms. The van der Waals surface area contributed by atoms with Crippen LogP contribution >= 0.6 is 0 Å². The van der Waals surface area contributed by atoms with E-state index in [0.717, 1.165) is 44.4 Å². The van der Waals surface area contributed by atoms with Crippen LogP contribution < -0.4 is 0 Å². The first kappa shape index (κ1) is 25.0. The number of hydrogen-bond acceptors (Lipinski definition) is 2. The van der Waals surface area contributed by atoms with Gasteiger partial charge in [-0.25, -0.2) is 9.97 Å². The summed E-state index contributed by atoms with van der Waals surface area (Å²) < 4.78 is 2.15. The average Bonchev–Trinajstić information content (AvgIpc) is 3.58. The summed E-state index contributed by atoms with van der Waals surface area (Å²) >= 11 is 0. The Balaban J connectivity index is 1.12. The number of imidazole rings is 1. The molecule has 0 saturated heterocycles. The van der Waals surface area contributed by atoms with Crippen molar-refractivity contribution in [2.75, 3.05) is 0 Å². The minimum Gasteiger partial charge on any atom is -0.298 e. The van der Waals surface area contributed by atoms with E-state index in [9.17, 15) is 0 Å². The van der Waals surface area contributed by atoms with Crippen LogP contribution in [0.25, 0.3) is 72.2 Å². The summed E-state index contributed by atoms with van der Waals surface area (Å²) in [6.07, 6.45) is 2.08. The van der Waals surface area contributed by atoms with Crippen LogP contribution in [0, 0.1) is 0 Å². The van der Waals surface area contributed by atoms with E-state index >= 15 is 0 Å². The molecular formula is C41H29N3. The lowest BCUT2D eigenvalue weighted by Crippen LogP contribution is -2.14. The third-order valence-electron chi connectivity index (χ3n) is 9.42. The number of benzene rings is 5. The highest BCUT2D eigenvalue weighted by molar-refractivity contribution is 6.09. The Morgan fingerprint density at radius 2 is 1.20 bits per heavy atom. The maximum atomic E-state index is 5.18. The minimum absolute atomic E-state index is 0.0219. The molecular weight excluding hydrogens is 534 g/mol. The molecule has 9 rings (SSSR count). The monoisotopic (exact) mass is 563 g/mol. The van der Waals surface area contributed by atoms with Crippen LogP contribution in [-0.2, 0) is 5.41 Å². The van der Waals surface area contributed by atoms with Crippen molar-refractivity contribution < 1.29 is 0 Å². The normalized spacial score (nSPS) is 13.4. The fourth-order valence-corrected chi connectivity index (χ4v) is 7.16. The molecule has 208 valence electrons. The van der Waals surface area contributed by atoms with E-state index in [2.05, 4.69) is 140 Å². The molecule has 44 heavy (non-hydrogen) atoms. The molecule has 0 atom stereocenters. The van der Waals surface area contributed by atoms with Gasteiger partial charge in [-0.15, -0.1) is 0 Å². The molecule has 0 unspecified atom stereocenters. The van der Waals surface area contributed by atoms with Gasteiger partial charge >= 0.3 is 0 Å². The summed E-state index contributed by atoms with van der Waals surface area (Å²) in [4.78, 5) is 10.2. The second kappa shape index (κ2) is 9.23. The number of nitrogens with zero attached hydrogens (tertiary/aromatic N) is 3. The zero-order valence-corrected chi connectivity index (χ0v) is 24.6. The maximum Gasteiger partial charge on any atom is 0.137 e. The first-order valence-corrected chi connectivity index (χ1v) is 15.2. The van der Waals surface area contributed by atoms with Crippen molar-refractivity contribution in [1.82, 2.24) is 14.4 Å². The smallest absolute Gasteiger partial charge is 0.137 e. The van der Waals surface area contributed by atoms with E-state index in [0.29, 0.717) is 0 Å². The van der Waals surface area contributed by atoms with Gasteiger partial charge in [0.2, 0.25) is 0 Å². The third kappa shape index (κ3) is 3.62. The predicted molar refractivity (Wildman–Crippen MR) is 182 cm³/mol. The number of rotatable bonds is 3. The van der Waals surface area contributed by atoms with Crippen molar-refractivity contribution in [3.63, 3.8) is 0 Å². The van der Waals surface area contributed by atoms with E-state index in [1.165, 1.54) is 38.9 Å². The largest absolute Gasteiger partial charge is 0.298 e. The second-order valence-corrected chi connectivity index (χ2v) is 12.3. The Kier molecular flexibility index (Phi) is 5.24. The van der Waals surface area contributed by atoms with Crippen LogP contribution in [0.4, 0.5) is 0 Å². The zero-order valence-electron chi connectivity index (χ0n) is 24.6. The van der Waals surface area contributed by atoms with Crippen molar-refractivity contribution in [2.24, 2.45) is 0 Å². The molecule has 0 radical (unpaired) electrons. The Hall–Kier alpha value is -5.54. The van der Waals surface area contributed by atoms with Crippen molar-refractivity contribution in [3.8, 4) is 44.6 Å². The molecule has 0 saturated carbocycles. The molecule has 5 aromatic carbocycles. The summed E-state index contributed by atoms with van der Waals surface area (Å²) in [5.41, 5.74) is 16.2. The van der Waals surface area contributed by atoms with E-state index in [1.54, 1.807) is 0 Å². The Bertz CT molecular complexity index is 2410. The molecule has 3 heterocycles. The lowest BCUT2D eigenvalue weighted by atomic mass is 9.82. The number of aromatic nitrogens is 3. The van der Waals surface area contributed by atoms with Crippen LogP contribution in [0.5, 0.6) is 0 Å². The van der Waals surface area contributed by atoms with Gasteiger partial charge in [0.1, 0.15) is 11.2 Å². The van der Waals surface area contributed by atoms with Gasteiger partial charge in [-0.3, -0.25) is 4.40 Å². The van der Waals surface area contributed by atoms with Gasteiger partial charge in [0.05, 0.1) is 16.7 Å². The molecule has 0 fully saturated rings. The zero-order chi connectivity index (χ0) is 29.4. The first-order chi connectivity index (χ1) is 21.6. The van der Waals surface area contributed by atoms with Crippen molar-refractivity contribution in [2.45, 2.75) is 19.3 Å². The Morgan fingerprint density at radius 1 is 0.523 bits per heavy atom. The molecule has 1 aliphatic carbocycles. The highest BCUT2D eigenvalue weighted by atomic mass is 15.0. The van der Waals surface area contributed by atoms with Crippen molar-refractivity contribution >= 4 is 27.6 Å². The third-order valence-corrected chi connectivity index (χ3v) is 9.42. The van der Waals surface area contributed by atoms with Gasteiger partial charge in [-0.05, 0) is 74.8 Å². The van der Waals surface area contributed by atoms with Crippen LogP contribution in [0.3, 0.4) is 0 Å².